The van der Waals surface area contributed by atoms with Crippen molar-refractivity contribution in [2.45, 2.75) is 13.8 Å². The molecule has 0 aliphatic rings. The summed E-state index contributed by atoms with van der Waals surface area (Å²) in [5.74, 6) is -0.429. The van der Waals surface area contributed by atoms with Crippen molar-refractivity contribution in [2.24, 2.45) is 0 Å². The van der Waals surface area contributed by atoms with Crippen molar-refractivity contribution in [2.75, 3.05) is 11.9 Å². The van der Waals surface area contributed by atoms with Crippen LogP contribution in [0.2, 0.25) is 0 Å². The summed E-state index contributed by atoms with van der Waals surface area (Å²) in [5.41, 5.74) is 2.62. The number of benzene rings is 2. The maximum atomic E-state index is 13.4. The summed E-state index contributed by atoms with van der Waals surface area (Å²) in [4.78, 5) is 16.4. The minimum absolute atomic E-state index is 0.298. The first-order chi connectivity index (χ1) is 12.1. The van der Waals surface area contributed by atoms with Gasteiger partial charge in [-0.2, -0.15) is 5.10 Å². The molecule has 1 amide bonds. The van der Waals surface area contributed by atoms with Crippen LogP contribution in [0, 0.1) is 12.7 Å². The predicted molar refractivity (Wildman–Crippen MR) is 91.6 cm³/mol. The van der Waals surface area contributed by atoms with E-state index in [-0.39, 0.29) is 5.91 Å². The Morgan fingerprint density at radius 3 is 2.80 bits per heavy atom. The first-order valence-electron chi connectivity index (χ1n) is 7.78. The second-order valence-electron chi connectivity index (χ2n) is 5.37. The first-order valence-corrected chi connectivity index (χ1v) is 7.78. The zero-order chi connectivity index (χ0) is 17.8. The van der Waals surface area contributed by atoms with Gasteiger partial charge < -0.3 is 10.1 Å². The van der Waals surface area contributed by atoms with Gasteiger partial charge in [-0.05, 0) is 49.7 Å². The van der Waals surface area contributed by atoms with Crippen LogP contribution in [0.15, 0.2) is 49.1 Å². The zero-order valence-electron chi connectivity index (χ0n) is 13.9. The van der Waals surface area contributed by atoms with Gasteiger partial charge in [-0.1, -0.05) is 0 Å². The fourth-order valence-electron chi connectivity index (χ4n) is 2.46. The van der Waals surface area contributed by atoms with Gasteiger partial charge in [0, 0.05) is 11.6 Å². The van der Waals surface area contributed by atoms with Crippen LogP contribution in [-0.2, 0) is 0 Å². The van der Waals surface area contributed by atoms with Gasteiger partial charge in [0.1, 0.15) is 24.2 Å². The lowest BCUT2D eigenvalue weighted by atomic mass is 10.1. The van der Waals surface area contributed by atoms with Crippen molar-refractivity contribution in [3.63, 3.8) is 0 Å². The van der Waals surface area contributed by atoms with E-state index in [0.717, 1.165) is 11.3 Å². The Bertz CT molecular complexity index is 894. The lowest BCUT2D eigenvalue weighted by Crippen LogP contribution is -2.14. The second-order valence-corrected chi connectivity index (χ2v) is 5.37. The molecule has 2 aromatic carbocycles. The van der Waals surface area contributed by atoms with E-state index in [0.29, 0.717) is 23.6 Å². The fourth-order valence-corrected chi connectivity index (χ4v) is 2.46. The molecule has 0 aliphatic heterocycles. The molecule has 0 spiro atoms. The van der Waals surface area contributed by atoms with Crippen LogP contribution >= 0.6 is 0 Å². The van der Waals surface area contributed by atoms with E-state index in [1.807, 2.05) is 6.92 Å². The highest BCUT2D eigenvalue weighted by molar-refractivity contribution is 6.05. The van der Waals surface area contributed by atoms with E-state index < -0.39 is 5.82 Å². The van der Waals surface area contributed by atoms with Crippen LogP contribution in [0.1, 0.15) is 22.8 Å². The van der Waals surface area contributed by atoms with Gasteiger partial charge in [0.2, 0.25) is 0 Å². The smallest absolute Gasteiger partial charge is 0.255 e. The van der Waals surface area contributed by atoms with Crippen molar-refractivity contribution >= 4 is 11.6 Å². The molecule has 25 heavy (non-hydrogen) atoms. The van der Waals surface area contributed by atoms with Crippen molar-refractivity contribution < 1.29 is 13.9 Å². The van der Waals surface area contributed by atoms with Crippen LogP contribution < -0.4 is 10.1 Å². The standard InChI is InChI=1S/C18H17FN4O2/c1-3-25-17-9-14(19)5-6-15(17)22-18(24)13-4-7-16(12(2)8-13)23-11-20-10-21-23/h4-11H,3H2,1-2H3,(H,22,24). The summed E-state index contributed by atoms with van der Waals surface area (Å²) in [7, 11) is 0. The summed E-state index contributed by atoms with van der Waals surface area (Å²) < 4.78 is 20.4. The number of amides is 1. The average molecular weight is 340 g/mol. The first kappa shape index (κ1) is 16.6. The Kier molecular flexibility index (Phi) is 4.74. The molecular formula is C18H17FN4O2. The van der Waals surface area contributed by atoms with E-state index >= 15 is 0 Å². The molecule has 0 fully saturated rings. The lowest BCUT2D eigenvalue weighted by molar-refractivity contribution is 0.102. The van der Waals surface area contributed by atoms with Gasteiger partial charge in [0.25, 0.3) is 5.91 Å². The molecule has 128 valence electrons. The van der Waals surface area contributed by atoms with Crippen molar-refractivity contribution in [1.29, 1.82) is 0 Å². The van der Waals surface area contributed by atoms with E-state index in [9.17, 15) is 9.18 Å². The van der Waals surface area contributed by atoms with Crippen LogP contribution in [0.25, 0.3) is 5.69 Å². The van der Waals surface area contributed by atoms with Gasteiger partial charge in [0.15, 0.2) is 0 Å². The summed E-state index contributed by atoms with van der Waals surface area (Å²) in [6, 6.07) is 9.26. The number of carbonyl (C=O) groups is 1. The highest BCUT2D eigenvalue weighted by Gasteiger charge is 2.13. The number of carbonyl (C=O) groups excluding carboxylic acids is 1. The third-order valence-electron chi connectivity index (χ3n) is 3.62. The summed E-state index contributed by atoms with van der Waals surface area (Å²) in [6.45, 7) is 4.05. The molecule has 0 saturated carbocycles. The highest BCUT2D eigenvalue weighted by atomic mass is 19.1. The van der Waals surface area contributed by atoms with Gasteiger partial charge in [-0.25, -0.2) is 14.1 Å². The maximum Gasteiger partial charge on any atom is 0.255 e. The number of anilines is 1. The SMILES string of the molecule is CCOc1cc(F)ccc1NC(=O)c1ccc(-n2cncn2)c(C)c1. The third-order valence-corrected chi connectivity index (χ3v) is 3.62. The molecule has 0 atom stereocenters. The largest absolute Gasteiger partial charge is 0.492 e. The van der Waals surface area contributed by atoms with Crippen LogP contribution in [0.4, 0.5) is 10.1 Å². The fraction of sp³-hybridized carbons (Fsp3) is 0.167. The molecule has 0 bridgehead atoms. The summed E-state index contributed by atoms with van der Waals surface area (Å²) >= 11 is 0. The molecular weight excluding hydrogens is 323 g/mol. The molecule has 3 rings (SSSR count). The minimum atomic E-state index is -0.422. The monoisotopic (exact) mass is 340 g/mol. The van der Waals surface area contributed by atoms with E-state index in [2.05, 4.69) is 15.4 Å². The third kappa shape index (κ3) is 3.65. The Hall–Kier alpha value is -3.22. The van der Waals surface area contributed by atoms with Gasteiger partial charge in [-0.3, -0.25) is 4.79 Å². The highest BCUT2D eigenvalue weighted by Crippen LogP contribution is 2.26. The topological polar surface area (TPSA) is 69.0 Å². The van der Waals surface area contributed by atoms with Gasteiger partial charge in [0.05, 0.1) is 18.0 Å². The Morgan fingerprint density at radius 1 is 1.28 bits per heavy atom. The molecule has 0 aliphatic carbocycles. The van der Waals surface area contributed by atoms with Crippen molar-refractivity contribution in [1.82, 2.24) is 14.8 Å². The van der Waals surface area contributed by atoms with Gasteiger partial charge in [-0.15, -0.1) is 0 Å². The second kappa shape index (κ2) is 7.12. The number of hydrogen-bond acceptors (Lipinski definition) is 4. The Labute approximate surface area is 144 Å². The predicted octanol–water partition coefficient (Wildman–Crippen LogP) is 3.37. The quantitative estimate of drug-likeness (QED) is 0.773. The molecule has 1 aromatic heterocycles. The van der Waals surface area contributed by atoms with Crippen LogP contribution in [0.5, 0.6) is 5.75 Å². The molecule has 6 nitrogen and oxygen atoms in total. The molecule has 0 saturated heterocycles. The average Bonchev–Trinajstić information content (AvgIpc) is 3.11. The number of hydrogen-bond donors (Lipinski definition) is 1. The van der Waals surface area contributed by atoms with Crippen LogP contribution in [0.3, 0.4) is 0 Å². The van der Waals surface area contributed by atoms with Gasteiger partial charge >= 0.3 is 0 Å². The van der Waals surface area contributed by atoms with Crippen LogP contribution in [-0.4, -0.2) is 27.3 Å². The van der Waals surface area contributed by atoms with E-state index in [1.165, 1.54) is 24.5 Å². The summed E-state index contributed by atoms with van der Waals surface area (Å²) in [5, 5.41) is 6.84. The molecule has 0 radical (unpaired) electrons. The number of aryl methyl sites for hydroxylation is 1. The van der Waals surface area contributed by atoms with E-state index in [4.69, 9.17) is 4.74 Å². The van der Waals surface area contributed by atoms with Crippen molar-refractivity contribution in [3.05, 3.63) is 66.0 Å². The number of nitrogens with one attached hydrogen (secondary N) is 1. The lowest BCUT2D eigenvalue weighted by Gasteiger charge is -2.12. The number of nitrogens with zero attached hydrogens (tertiary/aromatic N) is 3. The zero-order valence-corrected chi connectivity index (χ0v) is 13.9. The Balaban J connectivity index is 1.83. The number of aromatic nitrogens is 3. The molecule has 7 heteroatoms. The minimum Gasteiger partial charge on any atom is -0.492 e. The molecule has 3 aromatic rings. The van der Waals surface area contributed by atoms with E-state index in [1.54, 1.807) is 36.1 Å². The maximum absolute atomic E-state index is 13.4. The number of halogens is 1. The Morgan fingerprint density at radius 2 is 2.12 bits per heavy atom. The normalized spacial score (nSPS) is 10.5. The molecule has 1 heterocycles. The number of rotatable bonds is 5. The number of ether oxygens (including phenoxy) is 1. The molecule has 0 unspecified atom stereocenters. The summed E-state index contributed by atoms with van der Waals surface area (Å²) in [6.07, 6.45) is 3.04. The van der Waals surface area contributed by atoms with Crippen molar-refractivity contribution in [3.8, 4) is 11.4 Å². The molecule has 1 N–H and O–H groups in total.